The zero-order chi connectivity index (χ0) is 29.0. The molecule has 0 aliphatic carbocycles. The van der Waals surface area contributed by atoms with Crippen LogP contribution in [0.1, 0.15) is 29.2 Å². The molecule has 1 atom stereocenters. The zero-order valence-corrected chi connectivity index (χ0v) is 21.6. The summed E-state index contributed by atoms with van der Waals surface area (Å²) >= 11 is 0. The second-order valence-electron chi connectivity index (χ2n) is 9.12. The molecule has 0 spiro atoms. The molecule has 40 heavy (non-hydrogen) atoms. The van der Waals surface area contributed by atoms with Crippen LogP contribution in [0.3, 0.4) is 0 Å². The molecule has 0 saturated heterocycles. The van der Waals surface area contributed by atoms with E-state index in [2.05, 4.69) is 0 Å². The highest BCUT2D eigenvalue weighted by atomic mass is 19.4. The maximum atomic E-state index is 15.2. The quantitative estimate of drug-likeness (QED) is 0.174. The first-order chi connectivity index (χ1) is 19.0. The highest BCUT2D eigenvalue weighted by Crippen LogP contribution is 2.41. The molecule has 1 unspecified atom stereocenters. The van der Waals surface area contributed by atoms with Crippen molar-refractivity contribution in [2.75, 3.05) is 13.7 Å². The second-order valence-corrected chi connectivity index (χ2v) is 9.12. The van der Waals surface area contributed by atoms with Crippen molar-refractivity contribution in [1.82, 2.24) is 0 Å². The van der Waals surface area contributed by atoms with Gasteiger partial charge in [0.15, 0.2) is 0 Å². The topological polar surface area (TPSA) is 83.9 Å². The van der Waals surface area contributed by atoms with E-state index in [1.54, 1.807) is 6.92 Å². The highest BCUT2D eigenvalue weighted by molar-refractivity contribution is 5.95. The first-order valence-corrected chi connectivity index (χ1v) is 12.2. The largest absolute Gasteiger partial charge is 0.488 e. The van der Waals surface area contributed by atoms with Crippen molar-refractivity contribution < 1.29 is 45.4 Å². The fourth-order valence-electron chi connectivity index (χ4n) is 4.31. The molecular formula is C29H26F5NO5. The number of methoxy groups -OCH3 is 1. The van der Waals surface area contributed by atoms with Crippen LogP contribution >= 0.6 is 0 Å². The standard InChI is InChI=1S/C29H26F5NO5/c1-16(13-37-2)40-26(36)10-18-6-7-20(30)11-25(18)38-14-17-8-22(21-5-3-4-19(12-35)27(21)31)28-23(9-17)24(15-39-28)29(32,33)34/h3-9,11,15-16H,10,12-14,35H2,1-2H3. The summed E-state index contributed by atoms with van der Waals surface area (Å²) in [7, 11) is 1.46. The van der Waals surface area contributed by atoms with Crippen molar-refractivity contribution in [3.05, 3.63) is 88.7 Å². The Morgan fingerprint density at radius 2 is 1.82 bits per heavy atom. The number of alkyl halides is 3. The number of ether oxygens (including phenoxy) is 3. The molecule has 1 heterocycles. The van der Waals surface area contributed by atoms with Crippen LogP contribution in [-0.2, 0) is 40.0 Å². The summed E-state index contributed by atoms with van der Waals surface area (Å²) < 4.78 is 91.7. The maximum absolute atomic E-state index is 15.2. The average Bonchev–Trinajstić information content (AvgIpc) is 3.33. The molecule has 0 fully saturated rings. The molecule has 0 aliphatic heterocycles. The van der Waals surface area contributed by atoms with Crippen molar-refractivity contribution in [3.63, 3.8) is 0 Å². The molecule has 0 aliphatic rings. The van der Waals surface area contributed by atoms with E-state index in [0.717, 1.165) is 12.1 Å². The number of carbonyl (C=O) groups excluding carboxylic acids is 1. The van der Waals surface area contributed by atoms with E-state index >= 15 is 4.39 Å². The predicted molar refractivity (Wildman–Crippen MR) is 136 cm³/mol. The SMILES string of the molecule is COCC(C)OC(=O)Cc1ccc(F)cc1OCc1cc(-c2cccc(CN)c2F)c2occ(C(F)(F)F)c2c1. The minimum Gasteiger partial charge on any atom is -0.488 e. The van der Waals surface area contributed by atoms with E-state index in [-0.39, 0.29) is 65.2 Å². The van der Waals surface area contributed by atoms with Crippen molar-refractivity contribution in [1.29, 1.82) is 0 Å². The van der Waals surface area contributed by atoms with E-state index in [1.165, 1.54) is 43.5 Å². The van der Waals surface area contributed by atoms with Gasteiger partial charge in [-0.15, -0.1) is 0 Å². The van der Waals surface area contributed by atoms with Gasteiger partial charge in [0.05, 0.1) is 13.0 Å². The number of halogens is 5. The van der Waals surface area contributed by atoms with Gasteiger partial charge in [-0.2, -0.15) is 13.2 Å². The van der Waals surface area contributed by atoms with Gasteiger partial charge < -0.3 is 24.4 Å². The Balaban J connectivity index is 1.71. The van der Waals surface area contributed by atoms with Gasteiger partial charge in [-0.3, -0.25) is 4.79 Å². The molecule has 2 N–H and O–H groups in total. The van der Waals surface area contributed by atoms with Gasteiger partial charge in [0.2, 0.25) is 0 Å². The fourth-order valence-corrected chi connectivity index (χ4v) is 4.31. The van der Waals surface area contributed by atoms with Crippen LogP contribution in [0.15, 0.2) is 59.2 Å². The number of rotatable bonds is 10. The van der Waals surface area contributed by atoms with E-state index < -0.39 is 35.4 Å². The van der Waals surface area contributed by atoms with E-state index in [9.17, 15) is 22.4 Å². The summed E-state index contributed by atoms with van der Waals surface area (Å²) in [6.45, 7) is 1.39. The van der Waals surface area contributed by atoms with Crippen LogP contribution < -0.4 is 10.5 Å². The minimum atomic E-state index is -4.74. The van der Waals surface area contributed by atoms with Crippen molar-refractivity contribution in [2.45, 2.75) is 38.8 Å². The molecule has 212 valence electrons. The van der Waals surface area contributed by atoms with Crippen LogP contribution in [0.2, 0.25) is 0 Å². The smallest absolute Gasteiger partial charge is 0.420 e. The first kappa shape index (κ1) is 29.0. The molecule has 4 aromatic rings. The van der Waals surface area contributed by atoms with Crippen molar-refractivity contribution in [2.24, 2.45) is 5.73 Å². The van der Waals surface area contributed by atoms with E-state index in [0.29, 0.717) is 11.8 Å². The van der Waals surface area contributed by atoms with Crippen LogP contribution in [-0.4, -0.2) is 25.8 Å². The lowest BCUT2D eigenvalue weighted by Crippen LogP contribution is -2.21. The third kappa shape index (κ3) is 6.43. The highest BCUT2D eigenvalue weighted by Gasteiger charge is 2.35. The number of furan rings is 1. The molecular weight excluding hydrogens is 537 g/mol. The lowest BCUT2D eigenvalue weighted by molar-refractivity contribution is -0.149. The van der Waals surface area contributed by atoms with Crippen molar-refractivity contribution in [3.8, 4) is 16.9 Å². The Bertz CT molecular complexity index is 1510. The number of fused-ring (bicyclic) bond motifs is 1. The lowest BCUT2D eigenvalue weighted by atomic mass is 9.97. The van der Waals surface area contributed by atoms with Crippen LogP contribution in [0.5, 0.6) is 5.75 Å². The molecule has 6 nitrogen and oxygen atoms in total. The van der Waals surface area contributed by atoms with Gasteiger partial charge in [0.25, 0.3) is 0 Å². The summed E-state index contributed by atoms with van der Waals surface area (Å²) in [6.07, 6.45) is -4.92. The maximum Gasteiger partial charge on any atom is 0.420 e. The summed E-state index contributed by atoms with van der Waals surface area (Å²) in [6, 6.07) is 10.6. The van der Waals surface area contributed by atoms with E-state index in [4.69, 9.17) is 24.4 Å². The Labute approximate surface area is 226 Å². The minimum absolute atomic E-state index is 0.00228. The second kappa shape index (κ2) is 12.1. The Kier molecular flexibility index (Phi) is 8.75. The molecule has 1 aromatic heterocycles. The molecule has 3 aromatic carbocycles. The Hall–Kier alpha value is -3.96. The number of hydrogen-bond acceptors (Lipinski definition) is 6. The first-order valence-electron chi connectivity index (χ1n) is 12.2. The van der Waals surface area contributed by atoms with Crippen LogP contribution in [0.25, 0.3) is 22.1 Å². The summed E-state index contributed by atoms with van der Waals surface area (Å²) in [5.41, 5.74) is 5.17. The third-order valence-electron chi connectivity index (χ3n) is 6.12. The fraction of sp³-hybridized carbons (Fsp3) is 0.276. The van der Waals surface area contributed by atoms with Gasteiger partial charge >= 0.3 is 12.1 Å². The monoisotopic (exact) mass is 563 g/mol. The number of hydrogen-bond donors (Lipinski definition) is 1. The lowest BCUT2D eigenvalue weighted by Gasteiger charge is -2.15. The van der Waals surface area contributed by atoms with Crippen LogP contribution in [0.4, 0.5) is 22.0 Å². The molecule has 11 heteroatoms. The Morgan fingerprint density at radius 1 is 1.05 bits per heavy atom. The number of carbonyl (C=O) groups is 1. The van der Waals surface area contributed by atoms with Gasteiger partial charge in [-0.1, -0.05) is 24.3 Å². The van der Waals surface area contributed by atoms with Crippen LogP contribution in [0, 0.1) is 11.6 Å². The van der Waals surface area contributed by atoms with Gasteiger partial charge in [0.1, 0.15) is 47.5 Å². The zero-order valence-electron chi connectivity index (χ0n) is 21.6. The summed E-state index contributed by atoms with van der Waals surface area (Å²) in [4.78, 5) is 12.4. The molecule has 0 bridgehead atoms. The number of nitrogens with two attached hydrogens (primary N) is 1. The molecule has 0 radical (unpaired) electrons. The molecule has 0 amide bonds. The average molecular weight is 564 g/mol. The number of benzene rings is 3. The van der Waals surface area contributed by atoms with Gasteiger partial charge in [-0.05, 0) is 30.7 Å². The Morgan fingerprint density at radius 3 is 2.52 bits per heavy atom. The normalized spacial score (nSPS) is 12.5. The van der Waals surface area contributed by atoms with E-state index in [1.807, 2.05) is 0 Å². The van der Waals surface area contributed by atoms with Gasteiger partial charge in [-0.25, -0.2) is 8.78 Å². The summed E-state index contributed by atoms with van der Waals surface area (Å²) in [5.74, 6) is -1.94. The third-order valence-corrected chi connectivity index (χ3v) is 6.12. The number of esters is 1. The molecule has 0 saturated carbocycles. The van der Waals surface area contributed by atoms with Gasteiger partial charge in [0, 0.05) is 47.4 Å². The van der Waals surface area contributed by atoms with Crippen molar-refractivity contribution >= 4 is 16.9 Å². The summed E-state index contributed by atoms with van der Waals surface area (Å²) in [5, 5.41) is -0.295. The predicted octanol–water partition coefficient (Wildman–Crippen LogP) is 6.56. The molecule has 4 rings (SSSR count).